The lowest BCUT2D eigenvalue weighted by Gasteiger charge is -2.34. The zero-order valence-corrected chi connectivity index (χ0v) is 11.3. The third-order valence-corrected chi connectivity index (χ3v) is 3.60. The Morgan fingerprint density at radius 2 is 2.19 bits per heavy atom. The van der Waals surface area contributed by atoms with Gasteiger partial charge in [-0.3, -0.25) is 0 Å². The molecule has 3 nitrogen and oxygen atoms in total. The molecular formula is C12H25ClN2O. The van der Waals surface area contributed by atoms with Crippen LogP contribution in [0.1, 0.15) is 26.7 Å². The Hall–Kier alpha value is 0.170. The van der Waals surface area contributed by atoms with Crippen LogP contribution in [-0.4, -0.2) is 49.8 Å². The van der Waals surface area contributed by atoms with Gasteiger partial charge in [0.05, 0.1) is 12.7 Å². The summed E-state index contributed by atoms with van der Waals surface area (Å²) in [4.78, 5) is 2.57. The van der Waals surface area contributed by atoms with Gasteiger partial charge in [-0.15, -0.1) is 12.4 Å². The number of halogens is 1. The molecule has 0 aromatic rings. The lowest BCUT2D eigenvalue weighted by molar-refractivity contribution is 0.0473. The van der Waals surface area contributed by atoms with Crippen molar-refractivity contribution < 1.29 is 4.74 Å². The summed E-state index contributed by atoms with van der Waals surface area (Å²) in [6.45, 7) is 9.96. The van der Waals surface area contributed by atoms with Crippen LogP contribution < -0.4 is 5.32 Å². The highest BCUT2D eigenvalue weighted by molar-refractivity contribution is 5.85. The van der Waals surface area contributed by atoms with E-state index in [9.17, 15) is 0 Å². The van der Waals surface area contributed by atoms with Crippen molar-refractivity contribution in [3.8, 4) is 0 Å². The van der Waals surface area contributed by atoms with Gasteiger partial charge >= 0.3 is 0 Å². The summed E-state index contributed by atoms with van der Waals surface area (Å²) in [5.41, 5.74) is 0. The van der Waals surface area contributed by atoms with Crippen molar-refractivity contribution in [3.63, 3.8) is 0 Å². The molecule has 0 aromatic carbocycles. The molecule has 2 rings (SSSR count). The maximum atomic E-state index is 5.60. The van der Waals surface area contributed by atoms with Crippen LogP contribution in [0.25, 0.3) is 0 Å². The van der Waals surface area contributed by atoms with E-state index >= 15 is 0 Å². The van der Waals surface area contributed by atoms with Gasteiger partial charge in [0.2, 0.25) is 0 Å². The summed E-state index contributed by atoms with van der Waals surface area (Å²) < 4.78 is 5.60. The van der Waals surface area contributed by atoms with E-state index in [2.05, 4.69) is 24.1 Å². The molecule has 2 saturated heterocycles. The predicted molar refractivity (Wildman–Crippen MR) is 69.3 cm³/mol. The summed E-state index contributed by atoms with van der Waals surface area (Å²) in [6.07, 6.45) is 3.06. The monoisotopic (exact) mass is 248 g/mol. The van der Waals surface area contributed by atoms with E-state index < -0.39 is 0 Å². The molecule has 2 unspecified atom stereocenters. The first-order valence-electron chi connectivity index (χ1n) is 6.33. The Balaban J connectivity index is 0.00000128. The third kappa shape index (κ3) is 3.88. The molecule has 1 N–H and O–H groups in total. The minimum atomic E-state index is 0. The largest absolute Gasteiger partial charge is 0.377 e. The molecular weight excluding hydrogens is 224 g/mol. The van der Waals surface area contributed by atoms with E-state index in [0.717, 1.165) is 25.1 Å². The first-order valence-corrected chi connectivity index (χ1v) is 6.33. The summed E-state index contributed by atoms with van der Waals surface area (Å²) in [6, 6.07) is 0.812. The molecule has 0 spiro atoms. The Morgan fingerprint density at radius 1 is 1.38 bits per heavy atom. The third-order valence-electron chi connectivity index (χ3n) is 3.60. The summed E-state index contributed by atoms with van der Waals surface area (Å²) >= 11 is 0. The van der Waals surface area contributed by atoms with Gasteiger partial charge < -0.3 is 15.0 Å². The second-order valence-corrected chi connectivity index (χ2v) is 5.12. The Bertz CT molecular complexity index is 201. The maximum Gasteiger partial charge on any atom is 0.0596 e. The molecule has 2 atom stereocenters. The molecule has 0 radical (unpaired) electrons. The highest BCUT2D eigenvalue weighted by Gasteiger charge is 2.32. The van der Waals surface area contributed by atoms with Gasteiger partial charge in [0.25, 0.3) is 0 Å². The molecule has 2 aliphatic rings. The second-order valence-electron chi connectivity index (χ2n) is 5.12. The molecule has 0 saturated carbocycles. The van der Waals surface area contributed by atoms with Crippen LogP contribution >= 0.6 is 12.4 Å². The number of likely N-dealkylation sites (tertiary alicyclic amines) is 1. The number of nitrogens with one attached hydrogen (secondary N) is 1. The zero-order chi connectivity index (χ0) is 10.7. The van der Waals surface area contributed by atoms with Gasteiger partial charge in [-0.1, -0.05) is 0 Å². The number of fused-ring (bicyclic) bond motifs is 1. The number of rotatable bonds is 4. The normalized spacial score (nSPS) is 30.2. The number of ether oxygens (including phenoxy) is 1. The second kappa shape index (κ2) is 6.80. The molecule has 4 heteroatoms. The number of piperidine rings is 1. The van der Waals surface area contributed by atoms with Gasteiger partial charge in [0.15, 0.2) is 0 Å². The fourth-order valence-corrected chi connectivity index (χ4v) is 2.74. The topological polar surface area (TPSA) is 24.5 Å². The maximum absolute atomic E-state index is 5.60. The molecule has 0 bridgehead atoms. The van der Waals surface area contributed by atoms with E-state index in [1.807, 2.05) is 0 Å². The van der Waals surface area contributed by atoms with Gasteiger partial charge in [0, 0.05) is 19.1 Å². The van der Waals surface area contributed by atoms with E-state index in [1.165, 1.54) is 32.5 Å². The fraction of sp³-hybridized carbons (Fsp3) is 1.00. The van der Waals surface area contributed by atoms with Gasteiger partial charge in [-0.2, -0.15) is 0 Å². The average molecular weight is 249 g/mol. The minimum absolute atomic E-state index is 0. The van der Waals surface area contributed by atoms with Crippen molar-refractivity contribution >= 4 is 12.4 Å². The smallest absolute Gasteiger partial charge is 0.0596 e. The van der Waals surface area contributed by atoms with Crippen LogP contribution in [0.15, 0.2) is 0 Å². The van der Waals surface area contributed by atoms with E-state index in [-0.39, 0.29) is 12.4 Å². The molecule has 0 amide bonds. The van der Waals surface area contributed by atoms with Crippen LogP contribution in [-0.2, 0) is 4.74 Å². The fourth-order valence-electron chi connectivity index (χ4n) is 2.74. The molecule has 2 fully saturated rings. The Kier molecular flexibility index (Phi) is 6.05. The van der Waals surface area contributed by atoms with E-state index in [4.69, 9.17) is 4.74 Å². The Labute approximate surface area is 105 Å². The van der Waals surface area contributed by atoms with Crippen molar-refractivity contribution in [2.45, 2.75) is 38.8 Å². The Morgan fingerprint density at radius 3 is 2.94 bits per heavy atom. The number of nitrogens with zero attached hydrogens (tertiary/aromatic N) is 1. The van der Waals surface area contributed by atoms with Crippen LogP contribution in [0.5, 0.6) is 0 Å². The number of hydrogen-bond donors (Lipinski definition) is 1. The van der Waals surface area contributed by atoms with E-state index in [1.54, 1.807) is 0 Å². The first kappa shape index (κ1) is 14.2. The minimum Gasteiger partial charge on any atom is -0.377 e. The molecule has 96 valence electrons. The summed E-state index contributed by atoms with van der Waals surface area (Å²) in [5.74, 6) is 0.901. The van der Waals surface area contributed by atoms with Crippen LogP contribution in [0.4, 0.5) is 0 Å². The van der Waals surface area contributed by atoms with Crippen LogP contribution in [0, 0.1) is 5.92 Å². The highest BCUT2D eigenvalue weighted by atomic mass is 35.5. The highest BCUT2D eigenvalue weighted by Crippen LogP contribution is 2.24. The lowest BCUT2D eigenvalue weighted by Crippen LogP contribution is -2.45. The number of hydrogen-bond acceptors (Lipinski definition) is 3. The van der Waals surface area contributed by atoms with Gasteiger partial charge in [-0.05, 0) is 45.7 Å². The van der Waals surface area contributed by atoms with Crippen molar-refractivity contribution in [1.29, 1.82) is 0 Å². The van der Waals surface area contributed by atoms with Crippen LogP contribution in [0.3, 0.4) is 0 Å². The van der Waals surface area contributed by atoms with E-state index in [0.29, 0.717) is 6.10 Å². The quantitative estimate of drug-likeness (QED) is 0.817. The van der Waals surface area contributed by atoms with Crippen molar-refractivity contribution in [3.05, 3.63) is 0 Å². The molecule has 2 aliphatic heterocycles. The summed E-state index contributed by atoms with van der Waals surface area (Å²) in [5, 5.41) is 3.60. The molecule has 2 heterocycles. The molecule has 0 aromatic heterocycles. The van der Waals surface area contributed by atoms with Gasteiger partial charge in [0.1, 0.15) is 0 Å². The van der Waals surface area contributed by atoms with Crippen molar-refractivity contribution in [2.75, 3.05) is 32.8 Å². The SMILES string of the molecule is CC(C)OCCN1CCC2NCCC2C1.Cl. The lowest BCUT2D eigenvalue weighted by atomic mass is 9.93. The predicted octanol–water partition coefficient (Wildman–Crippen LogP) is 1.52. The van der Waals surface area contributed by atoms with Crippen LogP contribution in [0.2, 0.25) is 0 Å². The molecule has 16 heavy (non-hydrogen) atoms. The standard InChI is InChI=1S/C12H24N2O.ClH/c1-10(2)15-8-7-14-6-4-12-11(9-14)3-5-13-12;/h10-13H,3-9H2,1-2H3;1H. The molecule has 0 aliphatic carbocycles. The first-order chi connectivity index (χ1) is 7.25. The zero-order valence-electron chi connectivity index (χ0n) is 10.4. The average Bonchev–Trinajstić information content (AvgIpc) is 2.64. The van der Waals surface area contributed by atoms with Crippen molar-refractivity contribution in [2.24, 2.45) is 5.92 Å². The van der Waals surface area contributed by atoms with Gasteiger partial charge in [-0.25, -0.2) is 0 Å². The van der Waals surface area contributed by atoms with Crippen molar-refractivity contribution in [1.82, 2.24) is 10.2 Å². The summed E-state index contributed by atoms with van der Waals surface area (Å²) in [7, 11) is 0.